The summed E-state index contributed by atoms with van der Waals surface area (Å²) in [4.78, 5) is 3.92. The molecule has 90 valence electrons. The number of hydrogen-bond donors (Lipinski definition) is 1. The van der Waals surface area contributed by atoms with Crippen LogP contribution in [0.5, 0.6) is 0 Å². The fraction of sp³-hybridized carbons (Fsp3) is 0.333. The Bertz CT molecular complexity index is 488. The molecule has 4 nitrogen and oxygen atoms in total. The van der Waals surface area contributed by atoms with Crippen molar-refractivity contribution in [2.24, 2.45) is 0 Å². The van der Waals surface area contributed by atoms with E-state index in [4.69, 9.17) is 0 Å². The third kappa shape index (κ3) is 2.75. The van der Waals surface area contributed by atoms with Crippen molar-refractivity contribution in [1.29, 1.82) is 0 Å². The molecule has 0 aliphatic heterocycles. The highest BCUT2D eigenvalue weighted by Crippen LogP contribution is 2.20. The molecular weight excluding hydrogens is 240 g/mol. The van der Waals surface area contributed by atoms with Crippen LogP contribution in [0.15, 0.2) is 17.0 Å². The normalized spacial score (nSPS) is 11.8. The first-order valence-electron chi connectivity index (χ1n) is 4.30. The van der Waals surface area contributed by atoms with Gasteiger partial charge in [-0.15, -0.1) is 0 Å². The van der Waals surface area contributed by atoms with E-state index in [0.29, 0.717) is 0 Å². The van der Waals surface area contributed by atoms with Crippen LogP contribution in [0.1, 0.15) is 5.56 Å². The highest BCUT2D eigenvalue weighted by Gasteiger charge is 2.19. The van der Waals surface area contributed by atoms with Crippen LogP contribution in [0.2, 0.25) is 0 Å². The van der Waals surface area contributed by atoms with Crippen molar-refractivity contribution in [3.63, 3.8) is 0 Å². The zero-order chi connectivity index (χ0) is 12.3. The third-order valence-corrected chi connectivity index (χ3v) is 3.06. The molecule has 0 fully saturated rings. The van der Waals surface area contributed by atoms with E-state index in [-0.39, 0.29) is 12.1 Å². The maximum absolute atomic E-state index is 13.6. The summed E-state index contributed by atoms with van der Waals surface area (Å²) in [5, 5.41) is 0. The topological polar surface area (TPSA) is 55.4 Å². The van der Waals surface area contributed by atoms with Crippen LogP contribution in [0, 0.1) is 11.6 Å². The van der Waals surface area contributed by atoms with Gasteiger partial charge in [0.15, 0.2) is 9.84 Å². The molecule has 0 aromatic heterocycles. The first kappa shape index (κ1) is 13.0. The predicted octanol–water partition coefficient (Wildman–Crippen LogP) is 1.02. The molecule has 0 aliphatic carbocycles. The molecule has 0 bridgehead atoms. The number of nitrogens with one attached hydrogen (secondary N) is 1. The maximum atomic E-state index is 13.6. The van der Waals surface area contributed by atoms with Gasteiger partial charge in [-0.2, -0.15) is 5.48 Å². The molecule has 1 rings (SSSR count). The summed E-state index contributed by atoms with van der Waals surface area (Å²) >= 11 is 0. The molecule has 0 amide bonds. The molecule has 0 heterocycles. The average molecular weight is 251 g/mol. The minimum absolute atomic E-state index is 0.252. The summed E-state index contributed by atoms with van der Waals surface area (Å²) in [6.07, 6.45) is 0.858. The molecule has 1 aromatic rings. The Morgan fingerprint density at radius 1 is 1.38 bits per heavy atom. The number of benzene rings is 1. The largest absolute Gasteiger partial charge is 0.305 e. The SMILES string of the molecule is CONCc1c(F)ccc(S(C)(=O)=O)c1F. The van der Waals surface area contributed by atoms with Gasteiger partial charge in [-0.25, -0.2) is 17.2 Å². The molecular formula is C9H11F2NO3S. The van der Waals surface area contributed by atoms with Gasteiger partial charge < -0.3 is 4.84 Å². The summed E-state index contributed by atoms with van der Waals surface area (Å²) in [6.45, 7) is -0.252. The molecule has 1 aromatic carbocycles. The monoisotopic (exact) mass is 251 g/mol. The van der Waals surface area contributed by atoms with Crippen molar-refractivity contribution in [1.82, 2.24) is 5.48 Å². The first-order chi connectivity index (χ1) is 7.38. The van der Waals surface area contributed by atoms with Gasteiger partial charge in [0.25, 0.3) is 0 Å². The molecule has 0 spiro atoms. The Balaban J connectivity index is 3.27. The quantitative estimate of drug-likeness (QED) is 0.641. The van der Waals surface area contributed by atoms with E-state index in [0.717, 1.165) is 18.4 Å². The van der Waals surface area contributed by atoms with Crippen LogP contribution in [-0.4, -0.2) is 21.8 Å². The Hall–Kier alpha value is -1.05. The Labute approximate surface area is 92.1 Å². The van der Waals surface area contributed by atoms with E-state index in [9.17, 15) is 17.2 Å². The number of hydroxylamine groups is 1. The van der Waals surface area contributed by atoms with Crippen molar-refractivity contribution in [2.75, 3.05) is 13.4 Å². The lowest BCUT2D eigenvalue weighted by Gasteiger charge is -2.08. The van der Waals surface area contributed by atoms with Gasteiger partial charge >= 0.3 is 0 Å². The van der Waals surface area contributed by atoms with Gasteiger partial charge in [-0.1, -0.05) is 0 Å². The van der Waals surface area contributed by atoms with Crippen LogP contribution in [0.3, 0.4) is 0 Å². The molecule has 1 N–H and O–H groups in total. The molecule has 0 saturated heterocycles. The summed E-state index contributed by atoms with van der Waals surface area (Å²) in [6, 6.07) is 1.81. The van der Waals surface area contributed by atoms with Crippen LogP contribution >= 0.6 is 0 Å². The lowest BCUT2D eigenvalue weighted by Crippen LogP contribution is -2.15. The number of sulfone groups is 1. The second kappa shape index (κ2) is 4.86. The maximum Gasteiger partial charge on any atom is 0.178 e. The standard InChI is InChI=1S/C9H11F2NO3S/c1-15-12-5-6-7(10)3-4-8(9(6)11)16(2,13)14/h3-4,12H,5H2,1-2H3. The molecule has 16 heavy (non-hydrogen) atoms. The van der Waals surface area contributed by atoms with Gasteiger partial charge in [-0.05, 0) is 12.1 Å². The number of halogens is 2. The molecule has 0 atom stereocenters. The van der Waals surface area contributed by atoms with Crippen LogP contribution in [0.4, 0.5) is 8.78 Å². The van der Waals surface area contributed by atoms with E-state index in [1.54, 1.807) is 0 Å². The zero-order valence-electron chi connectivity index (χ0n) is 8.75. The highest BCUT2D eigenvalue weighted by molar-refractivity contribution is 7.90. The average Bonchev–Trinajstić information content (AvgIpc) is 2.15. The Morgan fingerprint density at radius 2 is 2.00 bits per heavy atom. The van der Waals surface area contributed by atoms with Gasteiger partial charge in [0.2, 0.25) is 0 Å². The molecule has 0 unspecified atom stereocenters. The van der Waals surface area contributed by atoms with Gasteiger partial charge in [0.1, 0.15) is 16.5 Å². The first-order valence-corrected chi connectivity index (χ1v) is 6.20. The molecule has 0 radical (unpaired) electrons. The zero-order valence-corrected chi connectivity index (χ0v) is 9.57. The lowest BCUT2D eigenvalue weighted by atomic mass is 10.2. The fourth-order valence-corrected chi connectivity index (χ4v) is 1.93. The van der Waals surface area contributed by atoms with Crippen molar-refractivity contribution in [2.45, 2.75) is 11.4 Å². The van der Waals surface area contributed by atoms with Crippen molar-refractivity contribution < 1.29 is 22.0 Å². The minimum atomic E-state index is -3.71. The summed E-state index contributed by atoms with van der Waals surface area (Å²) in [5.74, 6) is -1.92. The second-order valence-electron chi connectivity index (χ2n) is 3.14. The van der Waals surface area contributed by atoms with Gasteiger partial charge in [-0.3, -0.25) is 0 Å². The minimum Gasteiger partial charge on any atom is -0.305 e. The van der Waals surface area contributed by atoms with Crippen molar-refractivity contribution in [3.05, 3.63) is 29.3 Å². The third-order valence-electron chi connectivity index (χ3n) is 1.94. The van der Waals surface area contributed by atoms with Crippen molar-refractivity contribution in [3.8, 4) is 0 Å². The highest BCUT2D eigenvalue weighted by atomic mass is 32.2. The number of hydrogen-bond acceptors (Lipinski definition) is 4. The summed E-state index contributed by atoms with van der Waals surface area (Å²) in [7, 11) is -2.42. The van der Waals surface area contributed by atoms with E-state index in [2.05, 4.69) is 10.3 Å². The molecule has 0 aliphatic rings. The van der Waals surface area contributed by atoms with E-state index >= 15 is 0 Å². The van der Waals surface area contributed by atoms with Crippen molar-refractivity contribution >= 4 is 9.84 Å². The molecule has 0 saturated carbocycles. The van der Waals surface area contributed by atoms with Crippen LogP contribution < -0.4 is 5.48 Å². The van der Waals surface area contributed by atoms with Gasteiger partial charge in [0.05, 0.1) is 13.7 Å². The van der Waals surface area contributed by atoms with Gasteiger partial charge in [0, 0.05) is 11.8 Å². The number of rotatable bonds is 4. The second-order valence-corrected chi connectivity index (χ2v) is 5.12. The fourth-order valence-electron chi connectivity index (χ4n) is 1.17. The van der Waals surface area contributed by atoms with E-state index < -0.39 is 26.4 Å². The summed E-state index contributed by atoms with van der Waals surface area (Å²) < 4.78 is 49.2. The van der Waals surface area contributed by atoms with Crippen LogP contribution in [-0.2, 0) is 21.2 Å². The smallest absolute Gasteiger partial charge is 0.178 e. The summed E-state index contributed by atoms with van der Waals surface area (Å²) in [5.41, 5.74) is 1.88. The molecule has 7 heteroatoms. The van der Waals surface area contributed by atoms with E-state index in [1.807, 2.05) is 0 Å². The Kier molecular flexibility index (Phi) is 3.95. The lowest BCUT2D eigenvalue weighted by molar-refractivity contribution is 0.0849. The Morgan fingerprint density at radius 3 is 2.50 bits per heavy atom. The van der Waals surface area contributed by atoms with E-state index in [1.165, 1.54) is 7.11 Å². The predicted molar refractivity (Wildman–Crippen MR) is 53.3 cm³/mol. The van der Waals surface area contributed by atoms with Crippen LogP contribution in [0.25, 0.3) is 0 Å².